The van der Waals surface area contributed by atoms with E-state index in [-0.39, 0.29) is 72.9 Å². The predicted octanol–water partition coefficient (Wildman–Crippen LogP) is -9.59. The molecule has 126 valence electrons. The van der Waals surface area contributed by atoms with E-state index >= 15 is 0 Å². The third-order valence-corrected chi connectivity index (χ3v) is 1.29. The summed E-state index contributed by atoms with van der Waals surface area (Å²) in [4.78, 5) is 52.0. The van der Waals surface area contributed by atoms with Crippen LogP contribution in [0.15, 0.2) is 0 Å². The van der Waals surface area contributed by atoms with Crippen molar-refractivity contribution in [3.63, 3.8) is 0 Å². The Morgan fingerprint density at radius 2 is 1.05 bits per heavy atom. The van der Waals surface area contributed by atoms with E-state index in [0.717, 1.165) is 0 Å². The number of carboxylic acid groups (broad SMARTS) is 3. The molecule has 0 aliphatic carbocycles. The zero-order chi connectivity index (χ0) is 15.1. The van der Waals surface area contributed by atoms with E-state index in [1.807, 2.05) is 0 Å². The minimum atomic E-state index is -4.64. The Balaban J connectivity index is -0.0000000347. The third kappa shape index (κ3) is 28.5. The van der Waals surface area contributed by atoms with Gasteiger partial charge < -0.3 is 48.9 Å². The number of aliphatic carboxylic acids is 3. The van der Waals surface area contributed by atoms with Gasteiger partial charge in [0.05, 0.1) is 12.8 Å². The minimum Gasteiger partial charge on any atom is -1.00 e. The van der Waals surface area contributed by atoms with Crippen LogP contribution in [0.3, 0.4) is 0 Å². The Bertz CT molecular complexity index is 364. The molecule has 0 saturated heterocycles. The second-order valence-electron chi connectivity index (χ2n) is 2.99. The van der Waals surface area contributed by atoms with Gasteiger partial charge in [-0.25, -0.2) is 9.36 Å². The van der Waals surface area contributed by atoms with Gasteiger partial charge in [-0.3, -0.25) is 9.59 Å². The Labute approximate surface area is 170 Å². The van der Waals surface area contributed by atoms with Gasteiger partial charge >= 0.3 is 84.8 Å². The number of carbonyl (C=O) groups is 3. The molecule has 0 aliphatic heterocycles. The van der Waals surface area contributed by atoms with Crippen molar-refractivity contribution < 1.29 is 127 Å². The van der Waals surface area contributed by atoms with E-state index in [1.165, 1.54) is 0 Å². The van der Waals surface area contributed by atoms with Crippen molar-refractivity contribution in [2.45, 2.75) is 18.4 Å². The molecule has 16 heteroatoms. The summed E-state index contributed by atoms with van der Waals surface area (Å²) in [6.45, 7) is 0. The number of phosphoric acid groups is 1. The van der Waals surface area contributed by atoms with Crippen LogP contribution < -0.4 is 59.1 Å². The average Bonchev–Trinajstić information content (AvgIpc) is 1.95. The van der Waals surface area contributed by atoms with Crippen molar-refractivity contribution in [3.8, 4) is 0 Å². The smallest absolute Gasteiger partial charge is 1.00 e. The van der Waals surface area contributed by atoms with Crippen LogP contribution in [0.5, 0.6) is 0 Å². The maximum absolute atomic E-state index is 10.3. The molecule has 22 heavy (non-hydrogen) atoms. The second-order valence-corrected chi connectivity index (χ2v) is 4.02. The first kappa shape index (κ1) is 38.1. The quantitative estimate of drug-likeness (QED) is 0.175. The molecule has 0 radical (unpaired) electrons. The van der Waals surface area contributed by atoms with E-state index in [9.17, 15) is 14.4 Å². The van der Waals surface area contributed by atoms with Crippen LogP contribution in [0.1, 0.15) is 15.7 Å². The van der Waals surface area contributed by atoms with Crippen LogP contribution in [-0.2, 0) is 18.9 Å². The normalized spacial score (nSPS) is 9.09. The molecule has 0 amide bonds. The maximum atomic E-state index is 10.3. The number of rotatable bonds is 5. The minimum absolute atomic E-state index is 0. The molecule has 11 N–H and O–H groups in total. The molecule has 13 nitrogen and oxygen atoms in total. The predicted molar refractivity (Wildman–Crippen MR) is 60.8 cm³/mol. The van der Waals surface area contributed by atoms with Gasteiger partial charge in [0.1, 0.15) is 0 Å². The van der Waals surface area contributed by atoms with Crippen LogP contribution in [0.4, 0.5) is 0 Å². The van der Waals surface area contributed by atoms with E-state index < -0.39 is 44.2 Å². The second kappa shape index (κ2) is 16.3. The first-order chi connectivity index (χ1) is 7.78. The Hall–Kier alpha value is 0.400. The van der Waals surface area contributed by atoms with Gasteiger partial charge in [0.25, 0.3) is 0 Å². The SMILES string of the molecule is O.O.O=C(O)CC(O)(CC(=O)O)C(=O)O.O=P(O)(O)O.[H-].[H-].[Na+].[Na+]. The van der Waals surface area contributed by atoms with Gasteiger partial charge in [0, 0.05) is 0 Å². The molecule has 0 spiro atoms. The van der Waals surface area contributed by atoms with Crippen LogP contribution in [0.2, 0.25) is 0 Å². The number of carboxylic acids is 3. The van der Waals surface area contributed by atoms with E-state index in [4.69, 9.17) is 39.7 Å². The van der Waals surface area contributed by atoms with Crippen molar-refractivity contribution in [1.29, 1.82) is 0 Å². The van der Waals surface area contributed by atoms with Gasteiger partial charge in [-0.15, -0.1) is 0 Å². The fraction of sp³-hybridized carbons (Fsp3) is 0.500. The monoisotopic (exact) mass is 374 g/mol. The summed E-state index contributed by atoms with van der Waals surface area (Å²) in [5.74, 6) is -5.02. The fourth-order valence-electron chi connectivity index (χ4n) is 0.714. The number of hydrogen-bond donors (Lipinski definition) is 7. The number of aliphatic hydroxyl groups is 1. The maximum Gasteiger partial charge on any atom is 1.00 e. The first-order valence-electron chi connectivity index (χ1n) is 3.95. The van der Waals surface area contributed by atoms with Crippen molar-refractivity contribution >= 4 is 25.7 Å². The van der Waals surface area contributed by atoms with Crippen LogP contribution in [-0.4, -0.2) is 69.6 Å². The van der Waals surface area contributed by atoms with Crippen LogP contribution in [0.25, 0.3) is 0 Å². The van der Waals surface area contributed by atoms with Gasteiger partial charge in [0.15, 0.2) is 5.60 Å². The van der Waals surface area contributed by atoms with Gasteiger partial charge in [-0.2, -0.15) is 0 Å². The summed E-state index contributed by atoms with van der Waals surface area (Å²) < 4.78 is 8.88. The molecule has 0 aromatic heterocycles. The van der Waals surface area contributed by atoms with E-state index in [0.29, 0.717) is 0 Å². The summed E-state index contributed by atoms with van der Waals surface area (Å²) in [7, 11) is -4.64. The fourth-order valence-corrected chi connectivity index (χ4v) is 0.714. The summed E-state index contributed by atoms with van der Waals surface area (Å²) in [5.41, 5.74) is -2.74. The molecule has 0 atom stereocenters. The molecule has 0 fully saturated rings. The first-order valence-corrected chi connectivity index (χ1v) is 5.52. The van der Waals surface area contributed by atoms with Gasteiger partial charge in [-0.1, -0.05) is 0 Å². The van der Waals surface area contributed by atoms with E-state index in [2.05, 4.69) is 0 Å². The topological polar surface area (TPSA) is 273 Å². The molecule has 0 saturated carbocycles. The van der Waals surface area contributed by atoms with Crippen LogP contribution >= 0.6 is 7.82 Å². The third-order valence-electron chi connectivity index (χ3n) is 1.29. The molecule has 0 unspecified atom stereocenters. The van der Waals surface area contributed by atoms with Gasteiger partial charge in [-0.05, 0) is 0 Å². The standard InChI is InChI=1S/C6H8O7.2Na.H3O4P.2H2O.2H/c7-3(8)1-6(13,5(11)12)2-4(9)10;;;1-5(2,3)4;;;;/h13H,1-2H2,(H,7,8)(H,9,10)(H,11,12);;;(H3,1,2,3,4);2*1H2;;/q;2*+1;;;;2*-1. The summed E-state index contributed by atoms with van der Waals surface area (Å²) in [6, 6.07) is 0. The molecule has 0 aromatic carbocycles. The molecule has 0 bridgehead atoms. The van der Waals surface area contributed by atoms with Crippen molar-refractivity contribution in [2.75, 3.05) is 0 Å². The Morgan fingerprint density at radius 3 is 1.14 bits per heavy atom. The van der Waals surface area contributed by atoms with Crippen molar-refractivity contribution in [3.05, 3.63) is 0 Å². The van der Waals surface area contributed by atoms with Crippen LogP contribution in [0, 0.1) is 0 Å². The average molecular weight is 374 g/mol. The van der Waals surface area contributed by atoms with Gasteiger partial charge in [0.2, 0.25) is 0 Å². The molecule has 0 heterocycles. The Morgan fingerprint density at radius 1 is 0.864 bits per heavy atom. The zero-order valence-corrected chi connectivity index (χ0v) is 16.5. The Kier molecular flexibility index (Phi) is 28.2. The summed E-state index contributed by atoms with van der Waals surface area (Å²) in [6.07, 6.45) is -2.29. The summed E-state index contributed by atoms with van der Waals surface area (Å²) in [5, 5.41) is 33.8. The molecule has 0 rings (SSSR count). The summed E-state index contributed by atoms with van der Waals surface area (Å²) >= 11 is 0. The van der Waals surface area contributed by atoms with E-state index in [1.54, 1.807) is 0 Å². The molecular formula is C6H17Na2O13P. The molecular weight excluding hydrogens is 357 g/mol. The molecule has 0 aliphatic rings. The largest absolute Gasteiger partial charge is 1.00 e. The van der Waals surface area contributed by atoms with Crippen molar-refractivity contribution in [1.82, 2.24) is 0 Å². The molecule has 0 aromatic rings. The number of hydrogen-bond acceptors (Lipinski definition) is 5. The van der Waals surface area contributed by atoms with Crippen molar-refractivity contribution in [2.24, 2.45) is 0 Å². The zero-order valence-electron chi connectivity index (χ0n) is 13.6.